The molecule has 0 aromatic rings. The van der Waals surface area contributed by atoms with Gasteiger partial charge >= 0.3 is 0 Å². The van der Waals surface area contributed by atoms with E-state index in [4.69, 9.17) is 18.6 Å². The van der Waals surface area contributed by atoms with E-state index in [1.807, 2.05) is 6.92 Å². The van der Waals surface area contributed by atoms with Crippen LogP contribution < -0.4 is 16.0 Å². The molecule has 0 bridgehead atoms. The highest BCUT2D eigenvalue weighted by atomic mass is 32.1. The molecule has 1 aliphatic heterocycles. The maximum Gasteiger partial charge on any atom is 0.201 e. The third kappa shape index (κ3) is 3.85. The number of carbonyl (C=O) groups is 2. The molecule has 3 N–H and O–H groups in total. The van der Waals surface area contributed by atoms with Crippen molar-refractivity contribution >= 4 is 28.8 Å². The molecule has 0 saturated carbocycles. The number of rotatable bonds is 10. The fraction of sp³-hybridized carbons (Fsp3) is 0.643. The van der Waals surface area contributed by atoms with Crippen LogP contribution in [-0.4, -0.2) is 41.3 Å². The van der Waals surface area contributed by atoms with Gasteiger partial charge in [0.1, 0.15) is 11.0 Å². The topological polar surface area (TPSA) is 80.1 Å². The van der Waals surface area contributed by atoms with E-state index < -0.39 is 11.7 Å². The standard InChI is InChI=1S/C14H21N3O2S/c1-4-10(15-6-3)11(18)8-7-9-16-14(12(19)5-2)13(20)17-14/h1,10,15-16H,5-9H2,2-3H3,(H,17,20). The van der Waals surface area contributed by atoms with Gasteiger partial charge in [-0.25, -0.2) is 0 Å². The molecule has 110 valence electrons. The van der Waals surface area contributed by atoms with Gasteiger partial charge in [0, 0.05) is 12.8 Å². The Bertz CT molecular complexity index is 444. The van der Waals surface area contributed by atoms with Crippen LogP contribution in [0.1, 0.15) is 33.1 Å². The van der Waals surface area contributed by atoms with Crippen LogP contribution in [0.15, 0.2) is 0 Å². The van der Waals surface area contributed by atoms with Gasteiger partial charge in [-0.3, -0.25) is 20.2 Å². The molecule has 2 unspecified atom stereocenters. The molecule has 20 heavy (non-hydrogen) atoms. The van der Waals surface area contributed by atoms with E-state index in [2.05, 4.69) is 21.9 Å². The summed E-state index contributed by atoms with van der Waals surface area (Å²) >= 11 is 5.02. The van der Waals surface area contributed by atoms with E-state index in [1.54, 1.807) is 6.92 Å². The third-order valence-corrected chi connectivity index (χ3v) is 3.61. The van der Waals surface area contributed by atoms with Crippen molar-refractivity contribution < 1.29 is 9.59 Å². The van der Waals surface area contributed by atoms with Crippen molar-refractivity contribution in [2.45, 2.75) is 44.8 Å². The number of Topliss-reactive ketones (excluding diaryl/α,β-unsaturated/α-hetero) is 2. The van der Waals surface area contributed by atoms with Crippen molar-refractivity contribution in [2.75, 3.05) is 13.1 Å². The summed E-state index contributed by atoms with van der Waals surface area (Å²) in [6.07, 6.45) is 6.70. The third-order valence-electron chi connectivity index (χ3n) is 3.21. The molecule has 1 heterocycles. The summed E-state index contributed by atoms with van der Waals surface area (Å²) in [6.45, 7) is 4.89. The molecule has 2 atom stereocenters. The molecule has 0 radical (unpaired) electrons. The van der Waals surface area contributed by atoms with Crippen LogP contribution in [0.5, 0.6) is 0 Å². The normalized spacial score (nSPS) is 21.8. The highest BCUT2D eigenvalue weighted by Crippen LogP contribution is 2.20. The Morgan fingerprint density at radius 1 is 1.50 bits per heavy atom. The van der Waals surface area contributed by atoms with E-state index in [9.17, 15) is 9.59 Å². The van der Waals surface area contributed by atoms with Gasteiger partial charge in [-0.15, -0.1) is 6.42 Å². The molecule has 0 spiro atoms. The maximum atomic E-state index is 11.8. The van der Waals surface area contributed by atoms with E-state index in [0.29, 0.717) is 37.3 Å². The number of nitrogens with one attached hydrogen (secondary N) is 3. The summed E-state index contributed by atoms with van der Waals surface area (Å²) in [5.41, 5.74) is -0.833. The van der Waals surface area contributed by atoms with Gasteiger partial charge in [0.25, 0.3) is 0 Å². The van der Waals surface area contributed by atoms with Crippen molar-refractivity contribution in [2.24, 2.45) is 0 Å². The Hall–Kier alpha value is -1.29. The largest absolute Gasteiger partial charge is 0.346 e. The van der Waals surface area contributed by atoms with E-state index >= 15 is 0 Å². The molecule has 1 saturated heterocycles. The molecule has 5 nitrogen and oxygen atoms in total. The summed E-state index contributed by atoms with van der Waals surface area (Å²) in [5, 5.41) is 8.91. The number of terminal acetylenes is 1. The Morgan fingerprint density at radius 3 is 2.60 bits per heavy atom. The second kappa shape index (κ2) is 7.48. The smallest absolute Gasteiger partial charge is 0.201 e. The van der Waals surface area contributed by atoms with Gasteiger partial charge in [-0.05, 0) is 19.5 Å². The Balaban J connectivity index is 2.32. The zero-order valence-electron chi connectivity index (χ0n) is 11.9. The van der Waals surface area contributed by atoms with Crippen molar-refractivity contribution in [1.82, 2.24) is 16.0 Å². The lowest BCUT2D eigenvalue weighted by atomic mass is 10.1. The Labute approximate surface area is 125 Å². The van der Waals surface area contributed by atoms with Crippen molar-refractivity contribution in [1.29, 1.82) is 0 Å². The van der Waals surface area contributed by atoms with Crippen LogP contribution in [0, 0.1) is 12.3 Å². The summed E-state index contributed by atoms with van der Waals surface area (Å²) in [5.74, 6) is 2.47. The summed E-state index contributed by atoms with van der Waals surface area (Å²) in [6, 6.07) is -0.522. The molecule has 0 aromatic carbocycles. The number of thiocarbonyl (C=S) groups is 1. The lowest BCUT2D eigenvalue weighted by Crippen LogP contribution is -2.44. The average molecular weight is 295 g/mol. The second-order valence-corrected chi connectivity index (χ2v) is 5.04. The maximum absolute atomic E-state index is 11.8. The minimum Gasteiger partial charge on any atom is -0.346 e. The first-order valence-corrected chi connectivity index (χ1v) is 7.25. The Kier molecular flexibility index (Phi) is 6.27. The Morgan fingerprint density at radius 2 is 2.15 bits per heavy atom. The summed E-state index contributed by atoms with van der Waals surface area (Å²) in [4.78, 5) is 24.1. The van der Waals surface area contributed by atoms with Gasteiger partial charge < -0.3 is 5.32 Å². The fourth-order valence-corrected chi connectivity index (χ4v) is 2.32. The molecule has 1 fully saturated rings. The second-order valence-electron chi connectivity index (χ2n) is 4.63. The number of likely N-dealkylation sites (N-methyl/N-ethyl adjacent to an activating group) is 1. The van der Waals surface area contributed by atoms with Crippen molar-refractivity contribution in [3.63, 3.8) is 0 Å². The molecule has 0 aliphatic carbocycles. The van der Waals surface area contributed by atoms with Crippen LogP contribution >= 0.6 is 12.2 Å². The van der Waals surface area contributed by atoms with E-state index in [0.717, 1.165) is 0 Å². The van der Waals surface area contributed by atoms with Gasteiger partial charge in [0.05, 0.1) is 0 Å². The highest BCUT2D eigenvalue weighted by Gasteiger charge is 2.54. The first-order chi connectivity index (χ1) is 9.51. The lowest BCUT2D eigenvalue weighted by Gasteiger charge is -2.13. The van der Waals surface area contributed by atoms with Crippen molar-refractivity contribution in [3.05, 3.63) is 0 Å². The molecular weight excluding hydrogens is 274 g/mol. The van der Waals surface area contributed by atoms with Gasteiger partial charge in [-0.1, -0.05) is 32.0 Å². The van der Waals surface area contributed by atoms with E-state index in [-0.39, 0.29) is 11.6 Å². The molecule has 1 aliphatic rings. The molecule has 0 aromatic heterocycles. The summed E-state index contributed by atoms with van der Waals surface area (Å²) in [7, 11) is 0. The molecular formula is C14H21N3O2S. The zero-order valence-corrected chi connectivity index (χ0v) is 12.7. The minimum absolute atomic E-state index is 0.00153. The van der Waals surface area contributed by atoms with Crippen LogP contribution in [0.4, 0.5) is 0 Å². The first-order valence-electron chi connectivity index (χ1n) is 6.85. The predicted octanol–water partition coefficient (Wildman–Crippen LogP) is 0.143. The van der Waals surface area contributed by atoms with Gasteiger partial charge in [0.2, 0.25) is 5.66 Å². The molecule has 1 rings (SSSR count). The molecule has 6 heteroatoms. The molecule has 0 amide bonds. The minimum atomic E-state index is -0.833. The van der Waals surface area contributed by atoms with Crippen LogP contribution in [0.2, 0.25) is 0 Å². The monoisotopic (exact) mass is 295 g/mol. The van der Waals surface area contributed by atoms with Gasteiger partial charge in [0.15, 0.2) is 11.6 Å². The lowest BCUT2D eigenvalue weighted by molar-refractivity contribution is -0.121. The predicted molar refractivity (Wildman–Crippen MR) is 82.3 cm³/mol. The average Bonchev–Trinajstić information content (AvgIpc) is 3.11. The van der Waals surface area contributed by atoms with Crippen LogP contribution in [0.25, 0.3) is 0 Å². The SMILES string of the molecule is C#CC(NCC)C(=O)CCCNC1(C(=O)CC)NC1=S. The van der Waals surface area contributed by atoms with Crippen molar-refractivity contribution in [3.8, 4) is 12.3 Å². The quantitative estimate of drug-likeness (QED) is 0.230. The number of hydrogen-bond donors (Lipinski definition) is 3. The fourth-order valence-electron chi connectivity index (χ4n) is 1.98. The highest BCUT2D eigenvalue weighted by molar-refractivity contribution is 7.81. The van der Waals surface area contributed by atoms with Crippen LogP contribution in [0.3, 0.4) is 0 Å². The van der Waals surface area contributed by atoms with Gasteiger partial charge in [-0.2, -0.15) is 0 Å². The van der Waals surface area contributed by atoms with E-state index in [1.165, 1.54) is 0 Å². The zero-order chi connectivity index (χ0) is 15.2. The number of hydrogen-bond acceptors (Lipinski definition) is 5. The summed E-state index contributed by atoms with van der Waals surface area (Å²) < 4.78 is 0. The number of ketones is 2. The van der Waals surface area contributed by atoms with Crippen LogP contribution in [-0.2, 0) is 9.59 Å². The number of carbonyl (C=O) groups excluding carboxylic acids is 2. The first kappa shape index (κ1) is 16.8.